The van der Waals surface area contributed by atoms with Crippen molar-refractivity contribution < 1.29 is 14.6 Å². The molecule has 4 nitrogen and oxygen atoms in total. The predicted octanol–water partition coefficient (Wildman–Crippen LogP) is 2.04. The zero-order chi connectivity index (χ0) is 12.1. The third-order valence-corrected chi connectivity index (χ3v) is 2.03. The number of pyridine rings is 1. The lowest BCUT2D eigenvalue weighted by atomic mass is 10.1. The van der Waals surface area contributed by atoms with Crippen LogP contribution in [0.2, 0.25) is 0 Å². The smallest absolute Gasteiger partial charge is 0.333 e. The Bertz CT molecular complexity index is 379. The van der Waals surface area contributed by atoms with E-state index in [1.807, 2.05) is 0 Å². The number of nitrogens with zero attached hydrogens (tertiary/aromatic N) is 1. The Morgan fingerprint density at radius 2 is 2.24 bits per heavy atom. The summed E-state index contributed by atoms with van der Waals surface area (Å²) in [5, 5.41) is 9.56. The number of ether oxygens (including phenoxy) is 1. The number of aliphatic hydroxyl groups is 1. The molecule has 0 fully saturated rings. The van der Waals surface area contributed by atoms with Crippen LogP contribution in [0, 0.1) is 0 Å². The summed E-state index contributed by atoms with van der Waals surface area (Å²) in [6.45, 7) is 6.61. The molecule has 94 valence electrons. The van der Waals surface area contributed by atoms with Gasteiger partial charge < -0.3 is 9.84 Å². The predicted molar refractivity (Wildman–Crippen MR) is 66.8 cm³/mol. The number of carbonyl (C=O) groups is 1. The maximum atomic E-state index is 11.4. The van der Waals surface area contributed by atoms with Crippen LogP contribution in [-0.4, -0.2) is 22.2 Å². The molecule has 0 bridgehead atoms. The number of esters is 1. The van der Waals surface area contributed by atoms with Crippen molar-refractivity contribution in [1.29, 1.82) is 0 Å². The van der Waals surface area contributed by atoms with Crippen molar-refractivity contribution >= 4 is 18.4 Å². The van der Waals surface area contributed by atoms with E-state index in [2.05, 4.69) is 11.6 Å². The zero-order valence-electron chi connectivity index (χ0n) is 9.79. The van der Waals surface area contributed by atoms with Gasteiger partial charge in [-0.25, -0.2) is 4.79 Å². The van der Waals surface area contributed by atoms with Crippen LogP contribution in [0.1, 0.15) is 25.5 Å². The molecule has 2 unspecified atom stereocenters. The highest BCUT2D eigenvalue weighted by Gasteiger charge is 2.22. The molecule has 0 radical (unpaired) electrons. The van der Waals surface area contributed by atoms with Gasteiger partial charge in [0.25, 0.3) is 0 Å². The minimum absolute atomic E-state index is 0. The van der Waals surface area contributed by atoms with E-state index in [-0.39, 0.29) is 12.4 Å². The van der Waals surface area contributed by atoms with Gasteiger partial charge >= 0.3 is 5.97 Å². The summed E-state index contributed by atoms with van der Waals surface area (Å²) >= 11 is 0. The van der Waals surface area contributed by atoms with Crippen molar-refractivity contribution in [3.8, 4) is 0 Å². The van der Waals surface area contributed by atoms with Crippen molar-refractivity contribution in [1.82, 2.24) is 4.98 Å². The number of carbonyl (C=O) groups excluding carboxylic acids is 1. The first-order valence-corrected chi connectivity index (χ1v) is 4.97. The molecule has 1 N–H and O–H groups in total. The first-order valence-electron chi connectivity index (χ1n) is 4.97. The minimum atomic E-state index is -0.799. The Hall–Kier alpha value is -1.39. The minimum Gasteiger partial charge on any atom is -0.451 e. The van der Waals surface area contributed by atoms with E-state index in [1.165, 1.54) is 0 Å². The SMILES string of the molecule is C=C(C)C(=O)OC(c1cccnc1)C(C)O.Cl. The molecule has 0 aromatic carbocycles. The Morgan fingerprint density at radius 3 is 2.65 bits per heavy atom. The first-order chi connectivity index (χ1) is 7.52. The van der Waals surface area contributed by atoms with Gasteiger partial charge in [0.2, 0.25) is 0 Å². The van der Waals surface area contributed by atoms with Gasteiger partial charge in [-0.3, -0.25) is 4.98 Å². The maximum Gasteiger partial charge on any atom is 0.333 e. The molecule has 1 rings (SSSR count). The molecule has 0 saturated carbocycles. The van der Waals surface area contributed by atoms with Crippen LogP contribution in [0.3, 0.4) is 0 Å². The maximum absolute atomic E-state index is 11.4. The highest BCUT2D eigenvalue weighted by molar-refractivity contribution is 5.87. The normalized spacial score (nSPS) is 13.1. The Labute approximate surface area is 107 Å². The lowest BCUT2D eigenvalue weighted by Gasteiger charge is -2.20. The number of halogens is 1. The average Bonchev–Trinajstić information content (AvgIpc) is 2.26. The van der Waals surface area contributed by atoms with E-state index in [1.54, 1.807) is 38.4 Å². The van der Waals surface area contributed by atoms with E-state index in [9.17, 15) is 9.90 Å². The molecular formula is C12H16ClNO3. The van der Waals surface area contributed by atoms with Gasteiger partial charge in [-0.15, -0.1) is 12.4 Å². The average molecular weight is 258 g/mol. The Morgan fingerprint density at radius 1 is 1.59 bits per heavy atom. The van der Waals surface area contributed by atoms with E-state index in [0.717, 1.165) is 0 Å². The topological polar surface area (TPSA) is 59.4 Å². The van der Waals surface area contributed by atoms with Crippen molar-refractivity contribution in [2.24, 2.45) is 0 Å². The summed E-state index contributed by atoms with van der Waals surface area (Å²) in [7, 11) is 0. The molecule has 1 aromatic heterocycles. The number of aromatic nitrogens is 1. The van der Waals surface area contributed by atoms with Crippen LogP contribution in [0.5, 0.6) is 0 Å². The molecule has 0 spiro atoms. The van der Waals surface area contributed by atoms with Crippen molar-refractivity contribution in [2.45, 2.75) is 26.1 Å². The zero-order valence-corrected chi connectivity index (χ0v) is 10.6. The molecule has 0 saturated heterocycles. The number of rotatable bonds is 4. The number of aliphatic hydroxyl groups excluding tert-OH is 1. The largest absolute Gasteiger partial charge is 0.451 e. The van der Waals surface area contributed by atoms with Crippen molar-refractivity contribution in [3.05, 3.63) is 42.2 Å². The van der Waals surface area contributed by atoms with Gasteiger partial charge in [-0.2, -0.15) is 0 Å². The van der Waals surface area contributed by atoms with Gasteiger partial charge in [0.15, 0.2) is 6.10 Å². The summed E-state index contributed by atoms with van der Waals surface area (Å²) < 4.78 is 5.13. The summed E-state index contributed by atoms with van der Waals surface area (Å²) in [5.41, 5.74) is 0.960. The molecule has 2 atom stereocenters. The third kappa shape index (κ3) is 4.54. The molecule has 5 heteroatoms. The van der Waals surface area contributed by atoms with E-state index in [4.69, 9.17) is 4.74 Å². The molecule has 0 aliphatic carbocycles. The second-order valence-electron chi connectivity index (χ2n) is 3.63. The lowest BCUT2D eigenvalue weighted by molar-refractivity contribution is -0.150. The van der Waals surface area contributed by atoms with Crippen LogP contribution >= 0.6 is 12.4 Å². The second-order valence-corrected chi connectivity index (χ2v) is 3.63. The van der Waals surface area contributed by atoms with Crippen molar-refractivity contribution in [3.63, 3.8) is 0 Å². The van der Waals surface area contributed by atoms with Gasteiger partial charge in [0.05, 0.1) is 6.10 Å². The molecule has 1 aromatic rings. The highest BCUT2D eigenvalue weighted by Crippen LogP contribution is 2.21. The summed E-state index contributed by atoms with van der Waals surface area (Å²) in [4.78, 5) is 15.3. The van der Waals surface area contributed by atoms with Crippen LogP contribution in [0.4, 0.5) is 0 Å². The summed E-state index contributed by atoms with van der Waals surface area (Å²) in [6.07, 6.45) is 1.66. The fourth-order valence-corrected chi connectivity index (χ4v) is 1.21. The monoisotopic (exact) mass is 257 g/mol. The molecule has 0 aliphatic rings. The van der Waals surface area contributed by atoms with Gasteiger partial charge in [0, 0.05) is 23.5 Å². The number of hydrogen-bond donors (Lipinski definition) is 1. The van der Waals surface area contributed by atoms with Crippen molar-refractivity contribution in [2.75, 3.05) is 0 Å². The highest BCUT2D eigenvalue weighted by atomic mass is 35.5. The van der Waals surface area contributed by atoms with E-state index >= 15 is 0 Å². The molecular weight excluding hydrogens is 242 g/mol. The first kappa shape index (κ1) is 15.6. The Kier molecular flexibility index (Phi) is 6.46. The summed E-state index contributed by atoms with van der Waals surface area (Å²) in [5.74, 6) is -0.519. The molecule has 0 amide bonds. The van der Waals surface area contributed by atoms with Crippen LogP contribution in [-0.2, 0) is 9.53 Å². The van der Waals surface area contributed by atoms with Gasteiger partial charge in [-0.05, 0) is 19.9 Å². The summed E-state index contributed by atoms with van der Waals surface area (Å²) in [6, 6.07) is 3.47. The van der Waals surface area contributed by atoms with E-state index in [0.29, 0.717) is 11.1 Å². The number of hydrogen-bond acceptors (Lipinski definition) is 4. The third-order valence-electron chi connectivity index (χ3n) is 2.03. The molecule has 17 heavy (non-hydrogen) atoms. The van der Waals surface area contributed by atoms with E-state index < -0.39 is 18.2 Å². The molecule has 0 aliphatic heterocycles. The lowest BCUT2D eigenvalue weighted by Crippen LogP contribution is -2.21. The van der Waals surface area contributed by atoms with Crippen LogP contribution < -0.4 is 0 Å². The molecule has 1 heterocycles. The van der Waals surface area contributed by atoms with Crippen LogP contribution in [0.15, 0.2) is 36.7 Å². The fourth-order valence-electron chi connectivity index (χ4n) is 1.21. The quantitative estimate of drug-likeness (QED) is 0.662. The van der Waals surface area contributed by atoms with Crippen LogP contribution in [0.25, 0.3) is 0 Å². The Balaban J connectivity index is 0.00000256. The fraction of sp³-hybridized carbons (Fsp3) is 0.333. The second kappa shape index (κ2) is 7.04. The van der Waals surface area contributed by atoms with Gasteiger partial charge in [-0.1, -0.05) is 12.6 Å². The standard InChI is InChI=1S/C12H15NO3.ClH/c1-8(2)12(15)16-11(9(3)14)10-5-4-6-13-7-10;/h4-7,9,11,14H,1H2,2-3H3;1H. The van der Waals surface area contributed by atoms with Gasteiger partial charge in [0.1, 0.15) is 0 Å².